The van der Waals surface area contributed by atoms with E-state index in [0.717, 1.165) is 56.7 Å². The molecular formula is C30H35FN4. The van der Waals surface area contributed by atoms with Crippen LogP contribution in [0.5, 0.6) is 0 Å². The summed E-state index contributed by atoms with van der Waals surface area (Å²) in [7, 11) is 2.02. The second kappa shape index (κ2) is 11.5. The van der Waals surface area contributed by atoms with Crippen LogP contribution >= 0.6 is 0 Å². The lowest BCUT2D eigenvalue weighted by Crippen LogP contribution is -2.45. The standard InChI is InChI=1S/C30H35FN4/c1-4-26(31)15-14-24(2)27-23-29(34(3)33-27)30(28-13-9-10-19-32-28)17-21-35(22-18-30)20-16-25-11-7-5-6-8-12-25/h4,7,9-15,19,23-24H,8,16-18,20-22H2,1-3H3/b15-14-,26-4+. The molecular weight excluding hydrogens is 435 g/mol. The van der Waals surface area contributed by atoms with Crippen molar-refractivity contribution in [3.8, 4) is 11.8 Å². The van der Waals surface area contributed by atoms with Gasteiger partial charge < -0.3 is 4.90 Å². The first-order valence-electron chi connectivity index (χ1n) is 12.5. The predicted molar refractivity (Wildman–Crippen MR) is 141 cm³/mol. The minimum absolute atomic E-state index is 0.0198. The van der Waals surface area contributed by atoms with Gasteiger partial charge in [0.1, 0.15) is 5.83 Å². The Balaban J connectivity index is 1.54. The van der Waals surface area contributed by atoms with Crippen LogP contribution in [0.3, 0.4) is 0 Å². The molecule has 0 amide bonds. The highest BCUT2D eigenvalue weighted by molar-refractivity contribution is 5.36. The lowest BCUT2D eigenvalue weighted by atomic mass is 9.72. The normalized spacial score (nSPS) is 19.2. The Morgan fingerprint density at radius 1 is 1.29 bits per heavy atom. The van der Waals surface area contributed by atoms with E-state index in [1.807, 2.05) is 36.1 Å². The number of allylic oxidation sites excluding steroid dienone is 7. The molecule has 4 nitrogen and oxygen atoms in total. The Bertz CT molecular complexity index is 1180. The molecule has 1 atom stereocenters. The molecule has 1 aliphatic carbocycles. The number of nitrogens with zero attached hydrogens (tertiary/aromatic N) is 4. The van der Waals surface area contributed by atoms with E-state index < -0.39 is 0 Å². The highest BCUT2D eigenvalue weighted by Crippen LogP contribution is 2.41. The van der Waals surface area contributed by atoms with Gasteiger partial charge in [-0.05, 0) is 75.2 Å². The molecule has 0 spiro atoms. The summed E-state index contributed by atoms with van der Waals surface area (Å²) in [4.78, 5) is 7.37. The molecule has 3 heterocycles. The first kappa shape index (κ1) is 24.9. The van der Waals surface area contributed by atoms with Gasteiger partial charge in [0.2, 0.25) is 0 Å². The molecule has 1 unspecified atom stereocenters. The number of piperidine rings is 1. The summed E-state index contributed by atoms with van der Waals surface area (Å²) in [6.07, 6.45) is 17.0. The van der Waals surface area contributed by atoms with Gasteiger partial charge in [-0.15, -0.1) is 0 Å². The van der Waals surface area contributed by atoms with E-state index in [-0.39, 0.29) is 17.2 Å². The van der Waals surface area contributed by atoms with E-state index in [9.17, 15) is 4.39 Å². The van der Waals surface area contributed by atoms with Crippen molar-refractivity contribution in [1.82, 2.24) is 19.7 Å². The van der Waals surface area contributed by atoms with Gasteiger partial charge >= 0.3 is 0 Å². The fraction of sp³-hybridized carbons (Fsp3) is 0.400. The Morgan fingerprint density at radius 2 is 2.11 bits per heavy atom. The van der Waals surface area contributed by atoms with Crippen LogP contribution in [0.25, 0.3) is 0 Å². The number of halogens is 1. The Hall–Kier alpha value is -3.23. The number of aromatic nitrogens is 3. The first-order chi connectivity index (χ1) is 17.0. The third-order valence-electron chi connectivity index (χ3n) is 7.21. The molecule has 1 saturated heterocycles. The van der Waals surface area contributed by atoms with Gasteiger partial charge in [0.25, 0.3) is 0 Å². The number of aryl methyl sites for hydroxylation is 1. The summed E-state index contributed by atoms with van der Waals surface area (Å²) in [6, 6.07) is 8.40. The molecule has 2 aromatic rings. The molecule has 2 aromatic heterocycles. The van der Waals surface area contributed by atoms with Crippen molar-refractivity contribution in [2.24, 2.45) is 7.05 Å². The van der Waals surface area contributed by atoms with Crippen LogP contribution in [0.1, 0.15) is 62.5 Å². The number of hydrogen-bond donors (Lipinski definition) is 0. The topological polar surface area (TPSA) is 34.0 Å². The predicted octanol–water partition coefficient (Wildman–Crippen LogP) is 6.01. The Morgan fingerprint density at radius 3 is 2.86 bits per heavy atom. The Kier molecular flexibility index (Phi) is 8.15. The smallest absolute Gasteiger partial charge is 0.118 e. The highest BCUT2D eigenvalue weighted by Gasteiger charge is 2.41. The lowest BCUT2D eigenvalue weighted by molar-refractivity contribution is 0.174. The zero-order chi connectivity index (χ0) is 24.7. The molecule has 182 valence electrons. The number of likely N-dealkylation sites (tertiary alicyclic amines) is 1. The van der Waals surface area contributed by atoms with Crippen molar-refractivity contribution in [2.45, 2.75) is 50.9 Å². The number of rotatable bonds is 8. The molecule has 4 rings (SSSR count). The molecule has 5 heteroatoms. The second-order valence-corrected chi connectivity index (χ2v) is 9.43. The lowest BCUT2D eigenvalue weighted by Gasteiger charge is -2.41. The largest absolute Gasteiger partial charge is 0.303 e. The molecule has 0 N–H and O–H groups in total. The van der Waals surface area contributed by atoms with Gasteiger partial charge in [0.05, 0.1) is 22.5 Å². The maximum atomic E-state index is 13.6. The van der Waals surface area contributed by atoms with Crippen LogP contribution in [-0.2, 0) is 12.5 Å². The summed E-state index contributed by atoms with van der Waals surface area (Å²) in [5.74, 6) is 5.97. The maximum absolute atomic E-state index is 13.6. The van der Waals surface area contributed by atoms with Gasteiger partial charge in [-0.2, -0.15) is 5.10 Å². The fourth-order valence-corrected chi connectivity index (χ4v) is 5.03. The van der Waals surface area contributed by atoms with E-state index in [2.05, 4.69) is 54.0 Å². The third kappa shape index (κ3) is 5.89. The van der Waals surface area contributed by atoms with E-state index in [1.54, 1.807) is 6.92 Å². The van der Waals surface area contributed by atoms with Gasteiger partial charge in [0, 0.05) is 32.1 Å². The quantitative estimate of drug-likeness (QED) is 0.350. The summed E-state index contributed by atoms with van der Waals surface area (Å²) in [6.45, 7) is 6.82. The SMILES string of the molecule is C/C=C(F)\C=C/C(C)c1cc(C2(c3ccccn3)CCN(CCC3=CCC#CC=C3)CC2)n(C)n1. The number of pyridine rings is 1. The van der Waals surface area contributed by atoms with E-state index in [1.165, 1.54) is 23.4 Å². The molecule has 0 aromatic carbocycles. The maximum Gasteiger partial charge on any atom is 0.118 e. The summed E-state index contributed by atoms with van der Waals surface area (Å²) >= 11 is 0. The summed E-state index contributed by atoms with van der Waals surface area (Å²) < 4.78 is 15.6. The third-order valence-corrected chi connectivity index (χ3v) is 7.21. The molecule has 0 radical (unpaired) electrons. The van der Waals surface area contributed by atoms with E-state index >= 15 is 0 Å². The second-order valence-electron chi connectivity index (χ2n) is 9.43. The highest BCUT2D eigenvalue weighted by atomic mass is 19.1. The monoisotopic (exact) mass is 470 g/mol. The van der Waals surface area contributed by atoms with Crippen molar-refractivity contribution in [1.29, 1.82) is 0 Å². The molecule has 1 aliphatic heterocycles. The average Bonchev–Trinajstić information content (AvgIpc) is 3.11. The Labute approximate surface area is 208 Å². The van der Waals surface area contributed by atoms with Crippen molar-refractivity contribution in [3.05, 3.63) is 95.4 Å². The van der Waals surface area contributed by atoms with Crippen LogP contribution in [0.4, 0.5) is 4.39 Å². The zero-order valence-corrected chi connectivity index (χ0v) is 21.0. The fourth-order valence-electron chi connectivity index (χ4n) is 5.03. The van der Waals surface area contributed by atoms with E-state index in [0.29, 0.717) is 0 Å². The summed E-state index contributed by atoms with van der Waals surface area (Å²) in [5, 5.41) is 4.84. The van der Waals surface area contributed by atoms with Gasteiger partial charge in [-0.25, -0.2) is 4.39 Å². The van der Waals surface area contributed by atoms with Crippen LogP contribution in [0, 0.1) is 11.8 Å². The molecule has 0 saturated carbocycles. The van der Waals surface area contributed by atoms with Crippen molar-refractivity contribution < 1.29 is 4.39 Å². The van der Waals surface area contributed by atoms with Crippen molar-refractivity contribution in [2.75, 3.05) is 19.6 Å². The van der Waals surface area contributed by atoms with E-state index in [4.69, 9.17) is 10.1 Å². The first-order valence-corrected chi connectivity index (χ1v) is 12.5. The zero-order valence-electron chi connectivity index (χ0n) is 21.0. The average molecular weight is 471 g/mol. The van der Waals surface area contributed by atoms with Gasteiger partial charge in [-0.1, -0.05) is 49.1 Å². The van der Waals surface area contributed by atoms with Crippen LogP contribution in [-0.4, -0.2) is 39.3 Å². The van der Waals surface area contributed by atoms with Gasteiger partial charge in [0.15, 0.2) is 0 Å². The van der Waals surface area contributed by atoms with Crippen molar-refractivity contribution in [3.63, 3.8) is 0 Å². The van der Waals surface area contributed by atoms with Gasteiger partial charge in [-0.3, -0.25) is 9.67 Å². The minimum Gasteiger partial charge on any atom is -0.303 e. The molecule has 35 heavy (non-hydrogen) atoms. The molecule has 1 fully saturated rings. The number of hydrogen-bond acceptors (Lipinski definition) is 3. The van der Waals surface area contributed by atoms with Crippen LogP contribution in [0.15, 0.2) is 78.3 Å². The molecule has 0 bridgehead atoms. The summed E-state index contributed by atoms with van der Waals surface area (Å²) in [5.41, 5.74) is 4.41. The van der Waals surface area contributed by atoms with Crippen LogP contribution < -0.4 is 0 Å². The molecule has 2 aliphatic rings. The van der Waals surface area contributed by atoms with Crippen LogP contribution in [0.2, 0.25) is 0 Å². The van der Waals surface area contributed by atoms with Crippen molar-refractivity contribution >= 4 is 0 Å². The minimum atomic E-state index is -0.229.